The molecule has 0 saturated carbocycles. The number of aliphatic imine (C=N–C) groups is 1. The molecular formula is C11H23N3S. The van der Waals surface area contributed by atoms with Crippen molar-refractivity contribution < 1.29 is 0 Å². The molecule has 1 N–H and O–H groups in total. The summed E-state index contributed by atoms with van der Waals surface area (Å²) in [7, 11) is 0. The van der Waals surface area contributed by atoms with Crippen LogP contribution in [0.25, 0.3) is 0 Å². The number of hydrogen-bond donors (Lipinski definition) is 2. The van der Waals surface area contributed by atoms with E-state index in [4.69, 9.17) is 0 Å². The van der Waals surface area contributed by atoms with Crippen LogP contribution in [0, 0.1) is 0 Å². The van der Waals surface area contributed by atoms with E-state index < -0.39 is 0 Å². The van der Waals surface area contributed by atoms with E-state index in [9.17, 15) is 0 Å². The Morgan fingerprint density at radius 3 is 2.73 bits per heavy atom. The fourth-order valence-corrected chi connectivity index (χ4v) is 1.82. The summed E-state index contributed by atoms with van der Waals surface area (Å²) in [6, 6.07) is 0. The minimum Gasteiger partial charge on any atom is -0.350 e. The van der Waals surface area contributed by atoms with Crippen LogP contribution in [0.3, 0.4) is 0 Å². The Bertz CT molecular complexity index is 185. The summed E-state index contributed by atoms with van der Waals surface area (Å²) >= 11 is 4.21. The molecule has 4 heteroatoms. The number of thiol groups is 1. The fourth-order valence-electron chi connectivity index (χ4n) is 1.68. The van der Waals surface area contributed by atoms with Gasteiger partial charge in [0.15, 0.2) is 0 Å². The van der Waals surface area contributed by atoms with Gasteiger partial charge in [0.1, 0.15) is 5.50 Å². The molecule has 1 aliphatic heterocycles. The van der Waals surface area contributed by atoms with Crippen molar-refractivity contribution in [2.24, 2.45) is 4.99 Å². The van der Waals surface area contributed by atoms with Crippen LogP contribution in [0.15, 0.2) is 4.99 Å². The van der Waals surface area contributed by atoms with Gasteiger partial charge in [-0.05, 0) is 6.42 Å². The molecule has 1 rings (SSSR count). The zero-order valence-electron chi connectivity index (χ0n) is 9.65. The predicted molar refractivity (Wildman–Crippen MR) is 69.4 cm³/mol. The topological polar surface area (TPSA) is 27.6 Å². The first-order chi connectivity index (χ1) is 7.33. The normalized spacial score (nSPS) is 20.9. The Hall–Kier alpha value is -0.220. The second kappa shape index (κ2) is 7.99. The van der Waals surface area contributed by atoms with E-state index in [-0.39, 0.29) is 5.50 Å². The Morgan fingerprint density at radius 2 is 2.07 bits per heavy atom. The predicted octanol–water partition coefficient (Wildman–Crippen LogP) is 2.45. The SMILES string of the molecule is CCCCCCCCN1C=N[C@@H](S)NC1. The van der Waals surface area contributed by atoms with Gasteiger partial charge in [0.05, 0.1) is 13.0 Å². The second-order valence-corrected chi connectivity index (χ2v) is 4.57. The number of nitrogens with one attached hydrogen (secondary N) is 1. The average Bonchev–Trinajstić information content (AvgIpc) is 2.26. The lowest BCUT2D eigenvalue weighted by Gasteiger charge is -2.25. The van der Waals surface area contributed by atoms with Gasteiger partial charge in [-0.25, -0.2) is 4.99 Å². The summed E-state index contributed by atoms with van der Waals surface area (Å²) in [5, 5.41) is 3.19. The minimum atomic E-state index is -0.00851. The van der Waals surface area contributed by atoms with Crippen molar-refractivity contribution in [3.63, 3.8) is 0 Å². The number of rotatable bonds is 7. The van der Waals surface area contributed by atoms with Gasteiger partial charge < -0.3 is 4.90 Å². The lowest BCUT2D eigenvalue weighted by atomic mass is 10.1. The quantitative estimate of drug-likeness (QED) is 0.518. The summed E-state index contributed by atoms with van der Waals surface area (Å²) in [6.45, 7) is 4.25. The van der Waals surface area contributed by atoms with Crippen LogP contribution >= 0.6 is 12.6 Å². The van der Waals surface area contributed by atoms with Crippen molar-refractivity contribution >= 4 is 19.0 Å². The molecule has 0 unspecified atom stereocenters. The third-order valence-corrected chi connectivity index (χ3v) is 2.96. The summed E-state index contributed by atoms with van der Waals surface area (Å²) in [6.07, 6.45) is 10.0. The maximum Gasteiger partial charge on any atom is 0.147 e. The Morgan fingerprint density at radius 1 is 1.33 bits per heavy atom. The van der Waals surface area contributed by atoms with E-state index in [0.717, 1.165) is 13.2 Å². The highest BCUT2D eigenvalue weighted by molar-refractivity contribution is 7.80. The highest BCUT2D eigenvalue weighted by atomic mass is 32.1. The highest BCUT2D eigenvalue weighted by Gasteiger charge is 2.07. The van der Waals surface area contributed by atoms with Crippen molar-refractivity contribution in [2.75, 3.05) is 13.2 Å². The zero-order valence-corrected chi connectivity index (χ0v) is 10.5. The molecule has 0 aliphatic carbocycles. The average molecular weight is 229 g/mol. The molecule has 0 aromatic rings. The Kier molecular flexibility index (Phi) is 6.85. The van der Waals surface area contributed by atoms with Crippen LogP contribution in [-0.4, -0.2) is 29.9 Å². The van der Waals surface area contributed by atoms with Crippen LogP contribution in [0.2, 0.25) is 0 Å². The smallest absolute Gasteiger partial charge is 0.147 e. The second-order valence-electron chi connectivity index (χ2n) is 4.08. The number of nitrogens with zero attached hydrogens (tertiary/aromatic N) is 2. The molecular weight excluding hydrogens is 206 g/mol. The van der Waals surface area contributed by atoms with Crippen molar-refractivity contribution in [3.05, 3.63) is 0 Å². The van der Waals surface area contributed by atoms with E-state index in [1.165, 1.54) is 38.5 Å². The monoisotopic (exact) mass is 229 g/mol. The Labute approximate surface area is 98.7 Å². The van der Waals surface area contributed by atoms with Gasteiger partial charge in [-0.15, -0.1) is 12.6 Å². The molecule has 88 valence electrons. The summed E-state index contributed by atoms with van der Waals surface area (Å²) < 4.78 is 0. The van der Waals surface area contributed by atoms with Crippen LogP contribution < -0.4 is 5.32 Å². The molecule has 0 bridgehead atoms. The fraction of sp³-hybridized carbons (Fsp3) is 0.909. The van der Waals surface area contributed by atoms with Gasteiger partial charge in [-0.2, -0.15) is 0 Å². The first kappa shape index (κ1) is 12.8. The molecule has 1 heterocycles. The van der Waals surface area contributed by atoms with E-state index in [2.05, 4.69) is 34.8 Å². The summed E-state index contributed by atoms with van der Waals surface area (Å²) in [5.41, 5.74) is -0.00851. The van der Waals surface area contributed by atoms with Crippen LogP contribution in [0.5, 0.6) is 0 Å². The van der Waals surface area contributed by atoms with E-state index >= 15 is 0 Å². The third kappa shape index (κ3) is 6.05. The standard InChI is InChI=1S/C11H23N3S/c1-2-3-4-5-6-7-8-14-9-12-11(15)13-10-14/h9,11,13,15H,2-8,10H2,1H3/t11-/m1/s1. The van der Waals surface area contributed by atoms with Gasteiger partial charge in [0, 0.05) is 6.54 Å². The number of unbranched alkanes of at least 4 members (excludes halogenated alkanes) is 5. The maximum absolute atomic E-state index is 4.21. The molecule has 0 fully saturated rings. The molecule has 0 spiro atoms. The minimum absolute atomic E-state index is 0.00851. The summed E-state index contributed by atoms with van der Waals surface area (Å²) in [4.78, 5) is 6.41. The van der Waals surface area contributed by atoms with Crippen LogP contribution in [0.4, 0.5) is 0 Å². The molecule has 0 saturated heterocycles. The van der Waals surface area contributed by atoms with Gasteiger partial charge in [-0.3, -0.25) is 5.32 Å². The number of hydrogen-bond acceptors (Lipinski definition) is 4. The van der Waals surface area contributed by atoms with Gasteiger partial charge >= 0.3 is 0 Å². The largest absolute Gasteiger partial charge is 0.350 e. The molecule has 0 aromatic heterocycles. The van der Waals surface area contributed by atoms with Crippen LogP contribution in [-0.2, 0) is 0 Å². The van der Waals surface area contributed by atoms with Gasteiger partial charge in [0.25, 0.3) is 0 Å². The van der Waals surface area contributed by atoms with Crippen LogP contribution in [0.1, 0.15) is 45.4 Å². The highest BCUT2D eigenvalue weighted by Crippen LogP contribution is 2.06. The molecule has 1 aliphatic rings. The molecule has 0 radical (unpaired) electrons. The maximum atomic E-state index is 4.21. The van der Waals surface area contributed by atoms with Crippen molar-refractivity contribution in [1.29, 1.82) is 0 Å². The first-order valence-electron chi connectivity index (χ1n) is 6.01. The molecule has 0 amide bonds. The van der Waals surface area contributed by atoms with E-state index in [1.807, 2.05) is 6.34 Å². The molecule has 15 heavy (non-hydrogen) atoms. The first-order valence-corrected chi connectivity index (χ1v) is 6.53. The van der Waals surface area contributed by atoms with E-state index in [0.29, 0.717) is 0 Å². The molecule has 0 aromatic carbocycles. The Balaban J connectivity index is 1.94. The van der Waals surface area contributed by atoms with Crippen molar-refractivity contribution in [2.45, 2.75) is 50.9 Å². The van der Waals surface area contributed by atoms with Gasteiger partial charge in [-0.1, -0.05) is 39.0 Å². The molecule has 1 atom stereocenters. The van der Waals surface area contributed by atoms with Gasteiger partial charge in [0.2, 0.25) is 0 Å². The summed E-state index contributed by atoms with van der Waals surface area (Å²) in [5.74, 6) is 0. The zero-order chi connectivity index (χ0) is 10.9. The van der Waals surface area contributed by atoms with Crippen molar-refractivity contribution in [1.82, 2.24) is 10.2 Å². The van der Waals surface area contributed by atoms with Crippen molar-refractivity contribution in [3.8, 4) is 0 Å². The molecule has 3 nitrogen and oxygen atoms in total. The lowest BCUT2D eigenvalue weighted by molar-refractivity contribution is 0.354. The van der Waals surface area contributed by atoms with E-state index in [1.54, 1.807) is 0 Å². The third-order valence-electron chi connectivity index (χ3n) is 2.65. The lowest BCUT2D eigenvalue weighted by Crippen LogP contribution is -2.41.